The Morgan fingerprint density at radius 2 is 1.14 bits per heavy atom. The minimum Gasteiger partial charge on any atom is -0.390 e. The van der Waals surface area contributed by atoms with Crippen molar-refractivity contribution in [2.75, 3.05) is 5.88 Å². The van der Waals surface area contributed by atoms with E-state index in [1.54, 1.807) is 6.42 Å². The highest BCUT2D eigenvalue weighted by molar-refractivity contribution is 6.18. The monoisotopic (exact) mass is 333 g/mol. The molecule has 0 aromatic rings. The van der Waals surface area contributed by atoms with Gasteiger partial charge in [0.15, 0.2) is 0 Å². The van der Waals surface area contributed by atoms with E-state index in [1.165, 1.54) is 77.0 Å². The number of rotatable bonds is 17. The quantitative estimate of drug-likeness (QED) is 0.267. The maximum atomic E-state index is 9.52. The van der Waals surface area contributed by atoms with Crippen LogP contribution in [0.15, 0.2) is 0 Å². The number of hydrogen-bond donors (Lipinski definition) is 2. The lowest BCUT2D eigenvalue weighted by Crippen LogP contribution is -2.27. The van der Waals surface area contributed by atoms with Crippen molar-refractivity contribution in [3.63, 3.8) is 0 Å². The minimum absolute atomic E-state index is 0.0935. The molecule has 2 unspecified atom stereocenters. The topological polar surface area (TPSA) is 40.5 Å². The van der Waals surface area contributed by atoms with Gasteiger partial charge in [0, 0.05) is 0 Å². The third kappa shape index (κ3) is 15.1. The molecule has 0 aliphatic rings. The van der Waals surface area contributed by atoms with Gasteiger partial charge in [0.2, 0.25) is 0 Å². The number of hydrogen-bond acceptors (Lipinski definition) is 2. The van der Waals surface area contributed by atoms with E-state index in [0.717, 1.165) is 12.8 Å². The van der Waals surface area contributed by atoms with Gasteiger partial charge in [-0.25, -0.2) is 0 Å². The van der Waals surface area contributed by atoms with Gasteiger partial charge in [-0.2, -0.15) is 0 Å². The summed E-state index contributed by atoms with van der Waals surface area (Å²) in [7, 11) is 0. The van der Waals surface area contributed by atoms with Crippen molar-refractivity contribution in [3.05, 3.63) is 6.42 Å². The van der Waals surface area contributed by atoms with Crippen LogP contribution in [-0.2, 0) is 0 Å². The summed E-state index contributed by atoms with van der Waals surface area (Å²) in [6.07, 6.45) is 18.6. The first-order chi connectivity index (χ1) is 10.7. The van der Waals surface area contributed by atoms with Gasteiger partial charge in [0.05, 0.1) is 18.1 Å². The van der Waals surface area contributed by atoms with Crippen molar-refractivity contribution in [2.45, 2.75) is 109 Å². The largest absolute Gasteiger partial charge is 0.390 e. The summed E-state index contributed by atoms with van der Waals surface area (Å²) in [6, 6.07) is 0. The zero-order valence-electron chi connectivity index (χ0n) is 14.6. The molecule has 0 aromatic carbocycles. The Morgan fingerprint density at radius 3 is 1.55 bits per heavy atom. The molecular formula is C19H38ClO2. The van der Waals surface area contributed by atoms with E-state index in [9.17, 15) is 10.2 Å². The first kappa shape index (κ1) is 22.2. The highest BCUT2D eigenvalue weighted by atomic mass is 35.5. The smallest absolute Gasteiger partial charge is 0.0936 e. The molecule has 0 fully saturated rings. The third-order valence-electron chi connectivity index (χ3n) is 4.27. The minimum atomic E-state index is -0.816. The van der Waals surface area contributed by atoms with Gasteiger partial charge >= 0.3 is 0 Å². The molecule has 0 amide bonds. The lowest BCUT2D eigenvalue weighted by molar-refractivity contribution is 0.0521. The van der Waals surface area contributed by atoms with Crippen LogP contribution in [-0.4, -0.2) is 28.3 Å². The van der Waals surface area contributed by atoms with Gasteiger partial charge in [0.25, 0.3) is 0 Å². The van der Waals surface area contributed by atoms with Crippen LogP contribution in [0.1, 0.15) is 96.8 Å². The third-order valence-corrected chi connectivity index (χ3v) is 4.58. The number of aliphatic hydroxyl groups excluding tert-OH is 2. The normalized spacial score (nSPS) is 14.2. The molecule has 2 atom stereocenters. The molecule has 2 nitrogen and oxygen atoms in total. The summed E-state index contributed by atoms with van der Waals surface area (Å²) in [6.45, 7) is 2.27. The maximum absolute atomic E-state index is 9.52. The Labute approximate surface area is 143 Å². The molecule has 0 aromatic heterocycles. The summed E-state index contributed by atoms with van der Waals surface area (Å²) >= 11 is 5.48. The fourth-order valence-corrected chi connectivity index (χ4v) is 2.88. The van der Waals surface area contributed by atoms with Gasteiger partial charge < -0.3 is 10.2 Å². The molecule has 0 spiro atoms. The van der Waals surface area contributed by atoms with Crippen molar-refractivity contribution < 1.29 is 10.2 Å². The summed E-state index contributed by atoms with van der Waals surface area (Å²) < 4.78 is 0. The van der Waals surface area contributed by atoms with Crippen LogP contribution in [0.4, 0.5) is 0 Å². The van der Waals surface area contributed by atoms with E-state index < -0.39 is 12.2 Å². The van der Waals surface area contributed by atoms with E-state index in [2.05, 4.69) is 6.92 Å². The zero-order valence-corrected chi connectivity index (χ0v) is 15.4. The molecule has 0 rings (SSSR count). The standard InChI is InChI=1S/C19H38ClO2/c1-2-3-4-5-6-7-8-9-10-11-12-13-14-15-16-18(21)19(22)17-20/h16,18-19,21-22H,2-15,17H2,1H3. The highest BCUT2D eigenvalue weighted by Crippen LogP contribution is 2.14. The Kier molecular flexibility index (Phi) is 17.7. The van der Waals surface area contributed by atoms with Gasteiger partial charge in [-0.15, -0.1) is 11.6 Å². The predicted octanol–water partition coefficient (Wildman–Crippen LogP) is 5.63. The molecule has 0 saturated carbocycles. The molecule has 22 heavy (non-hydrogen) atoms. The number of alkyl halides is 1. The molecule has 1 radical (unpaired) electrons. The molecule has 0 aliphatic carbocycles. The van der Waals surface area contributed by atoms with Gasteiger partial charge in [0.1, 0.15) is 0 Å². The van der Waals surface area contributed by atoms with Crippen molar-refractivity contribution in [1.82, 2.24) is 0 Å². The van der Waals surface area contributed by atoms with E-state index in [1.807, 2.05) is 0 Å². The van der Waals surface area contributed by atoms with Crippen molar-refractivity contribution in [3.8, 4) is 0 Å². The fraction of sp³-hybridized carbons (Fsp3) is 0.947. The second kappa shape index (κ2) is 17.6. The maximum Gasteiger partial charge on any atom is 0.0936 e. The van der Waals surface area contributed by atoms with Crippen LogP contribution in [0.25, 0.3) is 0 Å². The molecule has 0 saturated heterocycles. The van der Waals surface area contributed by atoms with Gasteiger partial charge in [-0.3, -0.25) is 0 Å². The van der Waals surface area contributed by atoms with Crippen LogP contribution >= 0.6 is 11.6 Å². The molecule has 2 N–H and O–H groups in total. The first-order valence-electron chi connectivity index (χ1n) is 9.47. The number of unbranched alkanes of at least 4 members (excludes halogenated alkanes) is 13. The Balaban J connectivity index is 3.08. The van der Waals surface area contributed by atoms with E-state index in [0.29, 0.717) is 0 Å². The van der Waals surface area contributed by atoms with Crippen LogP contribution in [0.5, 0.6) is 0 Å². The number of halogens is 1. The zero-order chi connectivity index (χ0) is 16.5. The lowest BCUT2D eigenvalue weighted by atomic mass is 10.0. The van der Waals surface area contributed by atoms with Crippen molar-refractivity contribution >= 4 is 11.6 Å². The predicted molar refractivity (Wildman–Crippen MR) is 97.3 cm³/mol. The molecule has 0 heterocycles. The van der Waals surface area contributed by atoms with E-state index >= 15 is 0 Å². The molecule has 0 aliphatic heterocycles. The summed E-state index contributed by atoms with van der Waals surface area (Å²) in [5.41, 5.74) is 0. The van der Waals surface area contributed by atoms with E-state index in [4.69, 9.17) is 11.6 Å². The van der Waals surface area contributed by atoms with E-state index in [-0.39, 0.29) is 5.88 Å². The number of aliphatic hydroxyl groups is 2. The second-order valence-electron chi connectivity index (χ2n) is 6.48. The molecular weight excluding hydrogens is 296 g/mol. The van der Waals surface area contributed by atoms with Crippen LogP contribution < -0.4 is 0 Å². The Hall–Kier alpha value is 0.210. The fourth-order valence-electron chi connectivity index (χ4n) is 2.70. The second-order valence-corrected chi connectivity index (χ2v) is 6.79. The first-order valence-corrected chi connectivity index (χ1v) is 10.0. The molecule has 3 heteroatoms. The molecule has 0 bridgehead atoms. The van der Waals surface area contributed by atoms with Crippen LogP contribution in [0.3, 0.4) is 0 Å². The summed E-state index contributed by atoms with van der Waals surface area (Å²) in [5, 5.41) is 18.8. The Bertz CT molecular complexity index is 212. The van der Waals surface area contributed by atoms with Crippen LogP contribution in [0.2, 0.25) is 0 Å². The SMILES string of the molecule is CCCCCCCCCCCCCCC[CH]C(O)C(O)CCl. The van der Waals surface area contributed by atoms with Gasteiger partial charge in [-0.1, -0.05) is 90.4 Å². The average Bonchev–Trinajstić information content (AvgIpc) is 2.54. The lowest BCUT2D eigenvalue weighted by Gasteiger charge is -2.14. The highest BCUT2D eigenvalue weighted by Gasteiger charge is 2.14. The molecule has 133 valence electrons. The average molecular weight is 334 g/mol. The summed E-state index contributed by atoms with van der Waals surface area (Å²) in [5.74, 6) is 0.0935. The Morgan fingerprint density at radius 1 is 0.727 bits per heavy atom. The van der Waals surface area contributed by atoms with Crippen molar-refractivity contribution in [2.24, 2.45) is 0 Å². The summed E-state index contributed by atoms with van der Waals surface area (Å²) in [4.78, 5) is 0. The van der Waals surface area contributed by atoms with Crippen LogP contribution in [0, 0.1) is 6.42 Å². The van der Waals surface area contributed by atoms with Gasteiger partial charge in [-0.05, 0) is 12.8 Å². The van der Waals surface area contributed by atoms with Crippen molar-refractivity contribution in [1.29, 1.82) is 0 Å².